The predicted molar refractivity (Wildman–Crippen MR) is 52.8 cm³/mol. The van der Waals surface area contributed by atoms with Gasteiger partial charge in [0, 0.05) is 12.5 Å². The van der Waals surface area contributed by atoms with E-state index in [0.717, 1.165) is 30.9 Å². The van der Waals surface area contributed by atoms with E-state index in [1.54, 1.807) is 0 Å². The van der Waals surface area contributed by atoms with Crippen molar-refractivity contribution in [2.24, 2.45) is 5.84 Å². The molecule has 1 atom stereocenters. The third kappa shape index (κ3) is 1.69. The second kappa shape index (κ2) is 3.89. The number of anilines is 1. The van der Waals surface area contributed by atoms with E-state index in [0.29, 0.717) is 11.7 Å². The SMILES string of the molecule is Cc1cc(NN)nnc1C1CCOC1. The summed E-state index contributed by atoms with van der Waals surface area (Å²) >= 11 is 0. The van der Waals surface area contributed by atoms with Crippen molar-refractivity contribution >= 4 is 5.82 Å². The van der Waals surface area contributed by atoms with Crippen molar-refractivity contribution in [2.75, 3.05) is 18.6 Å². The quantitative estimate of drug-likeness (QED) is 0.532. The van der Waals surface area contributed by atoms with E-state index in [4.69, 9.17) is 10.6 Å². The molecular formula is C9H14N4O. The summed E-state index contributed by atoms with van der Waals surface area (Å²) in [4.78, 5) is 0. The molecule has 0 spiro atoms. The van der Waals surface area contributed by atoms with E-state index in [2.05, 4.69) is 15.6 Å². The zero-order chi connectivity index (χ0) is 9.97. The highest BCUT2D eigenvalue weighted by atomic mass is 16.5. The summed E-state index contributed by atoms with van der Waals surface area (Å²) in [5, 5.41) is 8.12. The molecule has 0 aliphatic carbocycles. The maximum atomic E-state index is 5.31. The molecule has 0 bridgehead atoms. The molecule has 0 saturated carbocycles. The van der Waals surface area contributed by atoms with Crippen LogP contribution < -0.4 is 11.3 Å². The molecule has 1 saturated heterocycles. The van der Waals surface area contributed by atoms with E-state index < -0.39 is 0 Å². The number of nitrogens with one attached hydrogen (secondary N) is 1. The molecule has 1 fully saturated rings. The third-order valence-corrected chi connectivity index (χ3v) is 2.49. The van der Waals surface area contributed by atoms with Gasteiger partial charge in [0.25, 0.3) is 0 Å². The Hall–Kier alpha value is -1.20. The predicted octanol–water partition coefficient (Wildman–Crippen LogP) is 0.575. The molecule has 1 aromatic rings. The second-order valence-corrected chi connectivity index (χ2v) is 3.50. The van der Waals surface area contributed by atoms with Gasteiger partial charge in [-0.15, -0.1) is 5.10 Å². The van der Waals surface area contributed by atoms with E-state index in [1.807, 2.05) is 13.0 Å². The number of nitrogens with two attached hydrogens (primary N) is 1. The monoisotopic (exact) mass is 194 g/mol. The highest BCUT2D eigenvalue weighted by Gasteiger charge is 2.21. The molecule has 14 heavy (non-hydrogen) atoms. The van der Waals surface area contributed by atoms with E-state index in [9.17, 15) is 0 Å². The van der Waals surface area contributed by atoms with Crippen molar-refractivity contribution in [3.05, 3.63) is 17.3 Å². The Kier molecular flexibility index (Phi) is 2.60. The lowest BCUT2D eigenvalue weighted by Gasteiger charge is -2.10. The molecule has 1 aliphatic heterocycles. The number of aromatic nitrogens is 2. The first-order valence-electron chi connectivity index (χ1n) is 4.70. The number of hydrogen-bond donors (Lipinski definition) is 2. The summed E-state index contributed by atoms with van der Waals surface area (Å²) < 4.78 is 5.31. The smallest absolute Gasteiger partial charge is 0.162 e. The average molecular weight is 194 g/mol. The normalized spacial score (nSPS) is 21.1. The minimum Gasteiger partial charge on any atom is -0.381 e. The van der Waals surface area contributed by atoms with Crippen LogP contribution in [0.5, 0.6) is 0 Å². The van der Waals surface area contributed by atoms with Crippen LogP contribution in [0.15, 0.2) is 6.07 Å². The molecule has 0 aromatic carbocycles. The number of hydrazine groups is 1. The van der Waals surface area contributed by atoms with Crippen molar-refractivity contribution in [1.82, 2.24) is 10.2 Å². The highest BCUT2D eigenvalue weighted by Crippen LogP contribution is 2.26. The van der Waals surface area contributed by atoms with Crippen LogP contribution in [-0.4, -0.2) is 23.4 Å². The van der Waals surface area contributed by atoms with Crippen molar-refractivity contribution in [2.45, 2.75) is 19.3 Å². The fraction of sp³-hybridized carbons (Fsp3) is 0.556. The first-order chi connectivity index (χ1) is 6.81. The molecule has 1 aromatic heterocycles. The van der Waals surface area contributed by atoms with Gasteiger partial charge >= 0.3 is 0 Å². The van der Waals surface area contributed by atoms with Gasteiger partial charge < -0.3 is 10.2 Å². The molecule has 1 unspecified atom stereocenters. The fourth-order valence-corrected chi connectivity index (χ4v) is 1.72. The molecule has 76 valence electrons. The van der Waals surface area contributed by atoms with E-state index in [-0.39, 0.29) is 0 Å². The third-order valence-electron chi connectivity index (χ3n) is 2.49. The van der Waals surface area contributed by atoms with Crippen molar-refractivity contribution in [1.29, 1.82) is 0 Å². The van der Waals surface area contributed by atoms with Crippen LogP contribution in [0.1, 0.15) is 23.6 Å². The van der Waals surface area contributed by atoms with Gasteiger partial charge in [-0.25, -0.2) is 5.84 Å². The van der Waals surface area contributed by atoms with E-state index in [1.165, 1.54) is 0 Å². The molecule has 5 nitrogen and oxygen atoms in total. The van der Waals surface area contributed by atoms with Gasteiger partial charge in [0.1, 0.15) is 0 Å². The number of ether oxygens (including phenoxy) is 1. The first-order valence-corrected chi connectivity index (χ1v) is 4.70. The molecule has 0 radical (unpaired) electrons. The summed E-state index contributed by atoms with van der Waals surface area (Å²) in [6.45, 7) is 3.59. The van der Waals surface area contributed by atoms with Crippen LogP contribution in [-0.2, 0) is 4.74 Å². The van der Waals surface area contributed by atoms with Gasteiger partial charge in [-0.3, -0.25) is 0 Å². The lowest BCUT2D eigenvalue weighted by molar-refractivity contribution is 0.193. The number of nitrogens with zero attached hydrogens (tertiary/aromatic N) is 2. The molecule has 0 amide bonds. The van der Waals surface area contributed by atoms with E-state index >= 15 is 0 Å². The second-order valence-electron chi connectivity index (χ2n) is 3.50. The highest BCUT2D eigenvalue weighted by molar-refractivity contribution is 5.37. The summed E-state index contributed by atoms with van der Waals surface area (Å²) in [6.07, 6.45) is 1.03. The summed E-state index contributed by atoms with van der Waals surface area (Å²) in [5.41, 5.74) is 4.62. The maximum absolute atomic E-state index is 5.31. The lowest BCUT2D eigenvalue weighted by atomic mass is 10.0. The Bertz CT molecular complexity index is 323. The number of nitrogen functional groups attached to an aromatic ring is 1. The minimum atomic E-state index is 0.398. The topological polar surface area (TPSA) is 73.1 Å². The van der Waals surface area contributed by atoms with Crippen molar-refractivity contribution < 1.29 is 4.74 Å². The van der Waals surface area contributed by atoms with Gasteiger partial charge in [-0.05, 0) is 25.0 Å². The Morgan fingerprint density at radius 1 is 1.57 bits per heavy atom. The first kappa shape index (κ1) is 9.36. The number of rotatable bonds is 2. The zero-order valence-corrected chi connectivity index (χ0v) is 8.16. The van der Waals surface area contributed by atoms with Gasteiger partial charge in [-0.2, -0.15) is 5.10 Å². The zero-order valence-electron chi connectivity index (χ0n) is 8.16. The molecule has 5 heteroatoms. The molecule has 2 rings (SSSR count). The summed E-state index contributed by atoms with van der Waals surface area (Å²) in [5.74, 6) is 6.24. The molecule has 3 N–H and O–H groups in total. The van der Waals surface area contributed by atoms with Crippen LogP contribution in [0.2, 0.25) is 0 Å². The summed E-state index contributed by atoms with van der Waals surface area (Å²) in [6, 6.07) is 1.90. The van der Waals surface area contributed by atoms with Crippen molar-refractivity contribution in [3.63, 3.8) is 0 Å². The maximum Gasteiger partial charge on any atom is 0.162 e. The Balaban J connectivity index is 2.25. The summed E-state index contributed by atoms with van der Waals surface area (Å²) in [7, 11) is 0. The Labute approximate surface area is 82.6 Å². The van der Waals surface area contributed by atoms with Crippen LogP contribution >= 0.6 is 0 Å². The fourth-order valence-electron chi connectivity index (χ4n) is 1.72. The largest absolute Gasteiger partial charge is 0.381 e. The molecule has 2 heterocycles. The van der Waals surface area contributed by atoms with Gasteiger partial charge in [0.15, 0.2) is 5.82 Å². The van der Waals surface area contributed by atoms with Crippen LogP contribution in [0, 0.1) is 6.92 Å². The standard InChI is InChI=1S/C9H14N4O/c1-6-4-8(11-10)12-13-9(6)7-2-3-14-5-7/h4,7H,2-3,5,10H2,1H3,(H,11,12). The van der Waals surface area contributed by atoms with Gasteiger partial charge in [0.2, 0.25) is 0 Å². The average Bonchev–Trinajstić information content (AvgIpc) is 2.70. The van der Waals surface area contributed by atoms with Crippen molar-refractivity contribution in [3.8, 4) is 0 Å². The van der Waals surface area contributed by atoms with Crippen LogP contribution in [0.3, 0.4) is 0 Å². The number of aryl methyl sites for hydroxylation is 1. The molecule has 1 aliphatic rings. The minimum absolute atomic E-state index is 0.398. The lowest BCUT2D eigenvalue weighted by Crippen LogP contribution is -2.12. The molecular weight excluding hydrogens is 180 g/mol. The van der Waals surface area contributed by atoms with Gasteiger partial charge in [0.05, 0.1) is 12.3 Å². The van der Waals surface area contributed by atoms with Gasteiger partial charge in [-0.1, -0.05) is 0 Å². The van der Waals surface area contributed by atoms with Crippen LogP contribution in [0.4, 0.5) is 5.82 Å². The van der Waals surface area contributed by atoms with Crippen LogP contribution in [0.25, 0.3) is 0 Å². The Morgan fingerprint density at radius 2 is 2.43 bits per heavy atom. The Morgan fingerprint density at radius 3 is 3.00 bits per heavy atom. The number of hydrogen-bond acceptors (Lipinski definition) is 5.